The van der Waals surface area contributed by atoms with E-state index in [9.17, 15) is 0 Å². The average molecular weight is 247 g/mol. The first-order valence-electron chi connectivity index (χ1n) is 5.02. The molecule has 2 unspecified atom stereocenters. The van der Waals surface area contributed by atoms with Gasteiger partial charge in [-0.1, -0.05) is 18.5 Å². The highest BCUT2D eigenvalue weighted by Crippen LogP contribution is 2.32. The summed E-state index contributed by atoms with van der Waals surface area (Å²) in [4.78, 5) is 0. The number of rotatable bonds is 4. The lowest BCUT2D eigenvalue weighted by Gasteiger charge is -2.16. The van der Waals surface area contributed by atoms with Gasteiger partial charge < -0.3 is 4.74 Å². The van der Waals surface area contributed by atoms with E-state index in [2.05, 4.69) is 6.92 Å². The second-order valence-electron chi connectivity index (χ2n) is 3.80. The summed E-state index contributed by atoms with van der Waals surface area (Å²) >= 11 is 11.9. The molecule has 0 spiro atoms. The highest BCUT2D eigenvalue weighted by Gasteiger charge is 2.14. The van der Waals surface area contributed by atoms with Gasteiger partial charge >= 0.3 is 0 Å². The maximum atomic E-state index is 5.98. The summed E-state index contributed by atoms with van der Waals surface area (Å²) in [7, 11) is 1.67. The monoisotopic (exact) mass is 246 g/mol. The highest BCUT2D eigenvalue weighted by atomic mass is 35.5. The van der Waals surface area contributed by atoms with Crippen LogP contribution in [0.1, 0.15) is 31.7 Å². The predicted octanol–water partition coefficient (Wildman–Crippen LogP) is 4.47. The van der Waals surface area contributed by atoms with E-state index >= 15 is 0 Å². The van der Waals surface area contributed by atoms with Crippen molar-refractivity contribution < 1.29 is 4.74 Å². The van der Waals surface area contributed by atoms with Crippen molar-refractivity contribution in [2.24, 2.45) is 0 Å². The van der Waals surface area contributed by atoms with Gasteiger partial charge in [0.1, 0.15) is 5.75 Å². The van der Waals surface area contributed by atoms with Gasteiger partial charge in [0.2, 0.25) is 0 Å². The number of benzene rings is 1. The fourth-order valence-electron chi connectivity index (χ4n) is 1.70. The van der Waals surface area contributed by atoms with Crippen molar-refractivity contribution in [3.63, 3.8) is 0 Å². The molecule has 3 heteroatoms. The zero-order valence-electron chi connectivity index (χ0n) is 9.26. The zero-order chi connectivity index (χ0) is 11.4. The third-order valence-electron chi connectivity index (χ3n) is 2.40. The fourth-order valence-corrected chi connectivity index (χ4v) is 2.15. The van der Waals surface area contributed by atoms with E-state index in [1.54, 1.807) is 7.11 Å². The number of hydrogen-bond acceptors (Lipinski definition) is 1. The van der Waals surface area contributed by atoms with Gasteiger partial charge in [0.05, 0.1) is 7.11 Å². The van der Waals surface area contributed by atoms with E-state index in [1.807, 2.05) is 25.1 Å². The van der Waals surface area contributed by atoms with Gasteiger partial charge in [0.25, 0.3) is 0 Å². The van der Waals surface area contributed by atoms with Crippen molar-refractivity contribution in [1.82, 2.24) is 0 Å². The summed E-state index contributed by atoms with van der Waals surface area (Å²) in [6.45, 7) is 4.13. The van der Waals surface area contributed by atoms with Gasteiger partial charge in [-0.05, 0) is 43.0 Å². The van der Waals surface area contributed by atoms with Crippen LogP contribution in [0, 0.1) is 0 Å². The lowest BCUT2D eigenvalue weighted by atomic mass is 9.95. The van der Waals surface area contributed by atoms with Crippen molar-refractivity contribution in [2.75, 3.05) is 7.11 Å². The number of ether oxygens (including phenoxy) is 1. The molecule has 0 aliphatic carbocycles. The molecule has 0 aliphatic rings. The summed E-state index contributed by atoms with van der Waals surface area (Å²) in [5.41, 5.74) is 1.12. The van der Waals surface area contributed by atoms with E-state index < -0.39 is 0 Å². The molecule has 0 amide bonds. The van der Waals surface area contributed by atoms with Crippen LogP contribution in [0.5, 0.6) is 5.75 Å². The third-order valence-corrected chi connectivity index (χ3v) is 2.81. The van der Waals surface area contributed by atoms with Crippen LogP contribution in [-0.4, -0.2) is 12.5 Å². The normalized spacial score (nSPS) is 14.7. The van der Waals surface area contributed by atoms with Crippen LogP contribution in [0.2, 0.25) is 5.02 Å². The largest absolute Gasteiger partial charge is 0.496 e. The van der Waals surface area contributed by atoms with Crippen LogP contribution < -0.4 is 4.74 Å². The van der Waals surface area contributed by atoms with Gasteiger partial charge in [-0.3, -0.25) is 0 Å². The molecule has 0 bridgehead atoms. The minimum Gasteiger partial charge on any atom is -0.496 e. The van der Waals surface area contributed by atoms with Crippen LogP contribution in [0.15, 0.2) is 18.2 Å². The molecule has 1 rings (SSSR count). The van der Waals surface area contributed by atoms with Crippen LogP contribution >= 0.6 is 23.2 Å². The van der Waals surface area contributed by atoms with E-state index in [4.69, 9.17) is 27.9 Å². The molecule has 1 nitrogen and oxygen atoms in total. The molecule has 2 atom stereocenters. The topological polar surface area (TPSA) is 9.23 Å². The lowest BCUT2D eigenvalue weighted by molar-refractivity contribution is 0.405. The molecular weight excluding hydrogens is 231 g/mol. The molecule has 1 aromatic carbocycles. The minimum atomic E-state index is 0.156. The molecule has 0 aromatic heterocycles. The van der Waals surface area contributed by atoms with E-state index in [-0.39, 0.29) is 5.38 Å². The molecule has 0 saturated carbocycles. The van der Waals surface area contributed by atoms with Crippen molar-refractivity contribution >= 4 is 23.2 Å². The second-order valence-corrected chi connectivity index (χ2v) is 4.99. The van der Waals surface area contributed by atoms with Crippen molar-refractivity contribution in [2.45, 2.75) is 31.6 Å². The third kappa shape index (κ3) is 3.58. The SMILES string of the molecule is COc1ccc(Cl)cc1C(C)CC(C)Cl. The molecule has 15 heavy (non-hydrogen) atoms. The Morgan fingerprint density at radius 2 is 2.00 bits per heavy atom. The first-order valence-corrected chi connectivity index (χ1v) is 5.83. The Labute approximate surface area is 101 Å². The zero-order valence-corrected chi connectivity index (χ0v) is 10.8. The maximum absolute atomic E-state index is 5.98. The molecule has 0 N–H and O–H groups in total. The summed E-state index contributed by atoms with van der Waals surface area (Å²) in [5.74, 6) is 1.23. The van der Waals surface area contributed by atoms with E-state index in [0.717, 1.165) is 22.8 Å². The van der Waals surface area contributed by atoms with Crippen LogP contribution in [0.25, 0.3) is 0 Å². The Morgan fingerprint density at radius 3 is 2.53 bits per heavy atom. The summed E-state index contributed by atoms with van der Waals surface area (Å²) in [6.07, 6.45) is 0.915. The molecular formula is C12H16Cl2O. The van der Waals surface area contributed by atoms with Crippen LogP contribution in [0.3, 0.4) is 0 Å². The molecule has 0 radical (unpaired) electrons. The summed E-state index contributed by atoms with van der Waals surface area (Å²) in [6, 6.07) is 5.68. The Kier molecular flexibility index (Phi) is 4.75. The summed E-state index contributed by atoms with van der Waals surface area (Å²) in [5, 5.41) is 0.892. The number of alkyl halides is 1. The summed E-state index contributed by atoms with van der Waals surface area (Å²) < 4.78 is 5.30. The quantitative estimate of drug-likeness (QED) is 0.713. The molecule has 0 heterocycles. The lowest BCUT2D eigenvalue weighted by Crippen LogP contribution is -2.03. The number of methoxy groups -OCH3 is 1. The second kappa shape index (κ2) is 5.62. The van der Waals surface area contributed by atoms with Crippen molar-refractivity contribution in [3.05, 3.63) is 28.8 Å². The van der Waals surface area contributed by atoms with Gasteiger partial charge in [-0.25, -0.2) is 0 Å². The van der Waals surface area contributed by atoms with E-state index in [0.29, 0.717) is 5.92 Å². The maximum Gasteiger partial charge on any atom is 0.122 e. The van der Waals surface area contributed by atoms with Crippen LogP contribution in [0.4, 0.5) is 0 Å². The van der Waals surface area contributed by atoms with Crippen LogP contribution in [-0.2, 0) is 0 Å². The smallest absolute Gasteiger partial charge is 0.122 e. The Balaban J connectivity index is 2.94. The van der Waals surface area contributed by atoms with Crippen molar-refractivity contribution in [3.8, 4) is 5.75 Å². The van der Waals surface area contributed by atoms with Gasteiger partial charge in [0, 0.05) is 10.4 Å². The van der Waals surface area contributed by atoms with Gasteiger partial charge in [-0.15, -0.1) is 11.6 Å². The molecule has 1 aromatic rings. The number of hydrogen-bond donors (Lipinski definition) is 0. The minimum absolute atomic E-state index is 0.156. The Morgan fingerprint density at radius 1 is 1.33 bits per heavy atom. The molecule has 84 valence electrons. The predicted molar refractivity (Wildman–Crippen MR) is 66.4 cm³/mol. The molecule has 0 aliphatic heterocycles. The van der Waals surface area contributed by atoms with Gasteiger partial charge in [0.15, 0.2) is 0 Å². The van der Waals surface area contributed by atoms with Gasteiger partial charge in [-0.2, -0.15) is 0 Å². The molecule has 0 fully saturated rings. The Hall–Kier alpha value is -0.400. The fraction of sp³-hybridized carbons (Fsp3) is 0.500. The average Bonchev–Trinajstić information content (AvgIpc) is 2.16. The van der Waals surface area contributed by atoms with Crippen molar-refractivity contribution in [1.29, 1.82) is 0 Å². The number of halogens is 2. The first-order chi connectivity index (χ1) is 7.04. The Bertz CT molecular complexity index is 323. The highest BCUT2D eigenvalue weighted by molar-refractivity contribution is 6.30. The molecule has 0 saturated heterocycles. The van der Waals surface area contributed by atoms with E-state index in [1.165, 1.54) is 0 Å². The standard InChI is InChI=1S/C12H16Cl2O/c1-8(6-9(2)13)11-7-10(14)4-5-12(11)15-3/h4-5,7-9H,6H2,1-3H3. The first kappa shape index (κ1) is 12.7.